The monoisotopic (exact) mass is 880 g/mol. The maximum absolute atomic E-state index is 6.54. The molecule has 324 valence electrons. The molecule has 0 spiro atoms. The third kappa shape index (κ3) is 6.99. The van der Waals surface area contributed by atoms with Crippen LogP contribution in [0.4, 0.5) is 17.1 Å². The minimum absolute atomic E-state index is 0.898. The smallest absolute Gasteiger partial charge is 0.143 e. The number of para-hydroxylation sites is 5. The molecule has 11 aromatic carbocycles. The van der Waals surface area contributed by atoms with Crippen LogP contribution in [0.15, 0.2) is 271 Å². The van der Waals surface area contributed by atoms with Crippen LogP contribution in [0.1, 0.15) is 0 Å². The largest absolute Gasteiger partial charge is 0.455 e. The number of furan rings is 1. The molecule has 13 aromatic rings. The Morgan fingerprint density at radius 2 is 0.768 bits per heavy atom. The van der Waals surface area contributed by atoms with Crippen LogP contribution in [0.2, 0.25) is 0 Å². The molecule has 0 saturated heterocycles. The zero-order chi connectivity index (χ0) is 45.7. The zero-order valence-corrected chi connectivity index (χ0v) is 37.7. The first-order valence-electron chi connectivity index (χ1n) is 23.6. The Labute approximate surface area is 401 Å². The third-order valence-electron chi connectivity index (χ3n) is 13.7. The highest BCUT2D eigenvalue weighted by atomic mass is 16.3. The summed E-state index contributed by atoms with van der Waals surface area (Å²) >= 11 is 0. The van der Waals surface area contributed by atoms with Gasteiger partial charge in [0.1, 0.15) is 11.2 Å². The first kappa shape index (κ1) is 40.1. The molecule has 0 aliphatic carbocycles. The van der Waals surface area contributed by atoms with Gasteiger partial charge in [0.15, 0.2) is 0 Å². The van der Waals surface area contributed by atoms with Crippen LogP contribution in [-0.4, -0.2) is 4.57 Å². The van der Waals surface area contributed by atoms with E-state index in [1.54, 1.807) is 0 Å². The molecular weight excluding hydrogens is 837 g/mol. The molecule has 0 amide bonds. The molecule has 0 aliphatic rings. The number of aromatic nitrogens is 1. The summed E-state index contributed by atoms with van der Waals surface area (Å²) in [5.41, 5.74) is 20.0. The number of fused-ring (bicyclic) bond motifs is 6. The van der Waals surface area contributed by atoms with E-state index in [4.69, 9.17) is 4.42 Å². The molecule has 0 bridgehead atoms. The van der Waals surface area contributed by atoms with E-state index in [2.05, 4.69) is 264 Å². The first-order chi connectivity index (χ1) is 34.2. The molecule has 2 heterocycles. The Bertz CT molecular complexity index is 3940. The van der Waals surface area contributed by atoms with Crippen molar-refractivity contribution >= 4 is 60.8 Å². The molecule has 13 rings (SSSR count). The minimum Gasteiger partial charge on any atom is -0.455 e. The van der Waals surface area contributed by atoms with Crippen LogP contribution >= 0.6 is 0 Å². The van der Waals surface area contributed by atoms with Gasteiger partial charge < -0.3 is 13.9 Å². The SMILES string of the molecule is c1ccc(-c2ccc(-c3ccc(N(c4ccc(-c5ccccc5-c5cccc6c5oc5ccccc56)cc4)c4ccccc4-c4ccccc4)cc3)c(-n3c4ccccc4c4ccccc43)c2)cc1. The van der Waals surface area contributed by atoms with Gasteiger partial charge in [0.05, 0.1) is 22.4 Å². The number of hydrogen-bond acceptors (Lipinski definition) is 2. The van der Waals surface area contributed by atoms with Crippen molar-refractivity contribution < 1.29 is 4.42 Å². The summed E-state index contributed by atoms with van der Waals surface area (Å²) in [6.07, 6.45) is 0. The van der Waals surface area contributed by atoms with Gasteiger partial charge in [-0.3, -0.25) is 0 Å². The highest BCUT2D eigenvalue weighted by Crippen LogP contribution is 2.45. The van der Waals surface area contributed by atoms with Gasteiger partial charge in [-0.25, -0.2) is 0 Å². The quantitative estimate of drug-likeness (QED) is 0.144. The molecule has 69 heavy (non-hydrogen) atoms. The van der Waals surface area contributed by atoms with Gasteiger partial charge in [-0.15, -0.1) is 0 Å². The Balaban J connectivity index is 0.941. The van der Waals surface area contributed by atoms with Crippen LogP contribution in [0.5, 0.6) is 0 Å². The third-order valence-corrected chi connectivity index (χ3v) is 13.7. The van der Waals surface area contributed by atoms with Gasteiger partial charge in [0, 0.05) is 49.6 Å². The van der Waals surface area contributed by atoms with E-state index < -0.39 is 0 Å². The van der Waals surface area contributed by atoms with E-state index in [1.165, 1.54) is 32.9 Å². The van der Waals surface area contributed by atoms with Gasteiger partial charge in [0.2, 0.25) is 0 Å². The highest BCUT2D eigenvalue weighted by Gasteiger charge is 2.21. The molecule has 3 nitrogen and oxygen atoms in total. The number of hydrogen-bond donors (Lipinski definition) is 0. The first-order valence-corrected chi connectivity index (χ1v) is 23.6. The summed E-state index contributed by atoms with van der Waals surface area (Å²) in [6.45, 7) is 0. The molecule has 0 fully saturated rings. The fourth-order valence-electron chi connectivity index (χ4n) is 10.4. The average Bonchev–Trinajstić information content (AvgIpc) is 3.98. The molecule has 2 aromatic heterocycles. The van der Waals surface area contributed by atoms with Gasteiger partial charge in [-0.1, -0.05) is 212 Å². The van der Waals surface area contributed by atoms with Crippen LogP contribution in [0, 0.1) is 0 Å². The second-order valence-corrected chi connectivity index (χ2v) is 17.6. The topological polar surface area (TPSA) is 21.3 Å². The summed E-state index contributed by atoms with van der Waals surface area (Å²) in [5.74, 6) is 0. The summed E-state index contributed by atoms with van der Waals surface area (Å²) in [6, 6.07) is 96.1. The Hall–Kier alpha value is -9.18. The van der Waals surface area contributed by atoms with Crippen LogP contribution in [0.25, 0.3) is 105 Å². The van der Waals surface area contributed by atoms with Crippen molar-refractivity contribution in [2.75, 3.05) is 4.90 Å². The van der Waals surface area contributed by atoms with Gasteiger partial charge in [0.25, 0.3) is 0 Å². The number of rotatable bonds is 9. The minimum atomic E-state index is 0.898. The highest BCUT2D eigenvalue weighted by molar-refractivity contribution is 6.11. The van der Waals surface area contributed by atoms with Crippen molar-refractivity contribution in [3.05, 3.63) is 267 Å². The molecule has 0 atom stereocenters. The number of nitrogens with zero attached hydrogens (tertiary/aromatic N) is 2. The van der Waals surface area contributed by atoms with Crippen molar-refractivity contribution in [2.45, 2.75) is 0 Å². The van der Waals surface area contributed by atoms with Crippen LogP contribution in [-0.2, 0) is 0 Å². The summed E-state index contributed by atoms with van der Waals surface area (Å²) in [7, 11) is 0. The predicted molar refractivity (Wildman–Crippen MR) is 290 cm³/mol. The van der Waals surface area contributed by atoms with Crippen molar-refractivity contribution in [1.82, 2.24) is 4.57 Å². The van der Waals surface area contributed by atoms with Crippen molar-refractivity contribution in [3.63, 3.8) is 0 Å². The number of benzene rings is 11. The summed E-state index contributed by atoms with van der Waals surface area (Å²) in [5, 5.41) is 4.74. The molecule has 0 aliphatic heterocycles. The summed E-state index contributed by atoms with van der Waals surface area (Å²) in [4.78, 5) is 2.39. The maximum Gasteiger partial charge on any atom is 0.143 e. The second-order valence-electron chi connectivity index (χ2n) is 17.6. The molecule has 0 saturated carbocycles. The lowest BCUT2D eigenvalue weighted by atomic mass is 9.93. The Kier molecular flexibility index (Phi) is 9.84. The van der Waals surface area contributed by atoms with Crippen molar-refractivity contribution in [1.29, 1.82) is 0 Å². The van der Waals surface area contributed by atoms with Crippen molar-refractivity contribution in [2.24, 2.45) is 0 Å². The van der Waals surface area contributed by atoms with E-state index in [-0.39, 0.29) is 0 Å². The van der Waals surface area contributed by atoms with E-state index in [0.29, 0.717) is 0 Å². The normalized spacial score (nSPS) is 11.5. The number of anilines is 3. The fourth-order valence-corrected chi connectivity index (χ4v) is 10.4. The van der Waals surface area contributed by atoms with E-state index in [1.807, 2.05) is 12.1 Å². The van der Waals surface area contributed by atoms with Crippen LogP contribution < -0.4 is 4.90 Å². The molecule has 0 radical (unpaired) electrons. The fraction of sp³-hybridized carbons (Fsp3) is 0. The predicted octanol–water partition coefficient (Wildman–Crippen LogP) is 18.5. The Morgan fingerprint density at radius 3 is 1.45 bits per heavy atom. The average molecular weight is 881 g/mol. The maximum atomic E-state index is 6.54. The van der Waals surface area contributed by atoms with Gasteiger partial charge in [-0.05, 0) is 93.5 Å². The van der Waals surface area contributed by atoms with Gasteiger partial charge in [-0.2, -0.15) is 0 Å². The lowest BCUT2D eigenvalue weighted by Gasteiger charge is -2.28. The van der Waals surface area contributed by atoms with Gasteiger partial charge >= 0.3 is 0 Å². The van der Waals surface area contributed by atoms with Crippen molar-refractivity contribution in [3.8, 4) is 61.3 Å². The lowest BCUT2D eigenvalue weighted by molar-refractivity contribution is 0.670. The Morgan fingerprint density at radius 1 is 0.290 bits per heavy atom. The molecule has 0 N–H and O–H groups in total. The van der Waals surface area contributed by atoms with E-state index >= 15 is 0 Å². The molecule has 3 heteroatoms. The van der Waals surface area contributed by atoms with E-state index in [9.17, 15) is 0 Å². The van der Waals surface area contributed by atoms with Crippen LogP contribution in [0.3, 0.4) is 0 Å². The lowest BCUT2D eigenvalue weighted by Crippen LogP contribution is -2.11. The molecular formula is C66H44N2O. The summed E-state index contributed by atoms with van der Waals surface area (Å²) < 4.78 is 8.98. The second kappa shape index (κ2) is 16.9. The molecule has 0 unspecified atom stereocenters. The van der Waals surface area contributed by atoms with E-state index in [0.717, 1.165) is 89.2 Å². The zero-order valence-electron chi connectivity index (χ0n) is 37.7. The standard InChI is InChI=1S/C66H44N2O/c1-3-18-45(19-4-1)49-38-43-54(64(44-49)68-62-31-14-10-25-56(62)57-26-11-15-32-63(57)68)48-36-41-51(42-37-48)67(61-30-13-9-23-53(61)46-20-5-2-6-21-46)50-39-34-47(35-40-50)52-22-7-8-24-55(52)59-28-17-29-60-58-27-12-16-33-65(58)69-66(59)60/h1-44H.